The summed E-state index contributed by atoms with van der Waals surface area (Å²) in [6, 6.07) is 7.39. The maximum atomic E-state index is 5.73. The van der Waals surface area contributed by atoms with E-state index >= 15 is 0 Å². The second-order valence-corrected chi connectivity index (χ2v) is 5.38. The second kappa shape index (κ2) is 5.50. The second-order valence-electron chi connectivity index (χ2n) is 4.41. The summed E-state index contributed by atoms with van der Waals surface area (Å²) in [5, 5.41) is 1.40. The SMILES string of the molecule is CCCc1cc(Sc2nc3cc(N)ccc3o2)ncn1. The quantitative estimate of drug-likeness (QED) is 0.585. The molecule has 0 saturated carbocycles. The first kappa shape index (κ1) is 12.9. The molecule has 20 heavy (non-hydrogen) atoms. The van der Waals surface area contributed by atoms with E-state index in [-0.39, 0.29) is 0 Å². The van der Waals surface area contributed by atoms with Gasteiger partial charge < -0.3 is 10.2 Å². The Morgan fingerprint density at radius 1 is 1.25 bits per heavy atom. The molecule has 2 N–H and O–H groups in total. The zero-order valence-electron chi connectivity index (χ0n) is 11.0. The van der Waals surface area contributed by atoms with Gasteiger partial charge in [0.15, 0.2) is 5.58 Å². The minimum atomic E-state index is 0.562. The third-order valence-corrected chi connectivity index (χ3v) is 3.57. The van der Waals surface area contributed by atoms with Gasteiger partial charge in [-0.05, 0) is 42.4 Å². The van der Waals surface area contributed by atoms with Crippen molar-refractivity contribution in [3.05, 3.63) is 36.3 Å². The molecule has 3 rings (SSSR count). The molecule has 2 aromatic heterocycles. The summed E-state index contributed by atoms with van der Waals surface area (Å²) < 4.78 is 5.66. The Kier molecular flexibility index (Phi) is 3.56. The third-order valence-electron chi connectivity index (χ3n) is 2.79. The number of hydrogen-bond donors (Lipinski definition) is 1. The normalized spacial score (nSPS) is 11.1. The fourth-order valence-electron chi connectivity index (χ4n) is 1.88. The zero-order valence-corrected chi connectivity index (χ0v) is 11.9. The number of hydrogen-bond acceptors (Lipinski definition) is 6. The Balaban J connectivity index is 1.87. The maximum Gasteiger partial charge on any atom is 0.263 e. The van der Waals surface area contributed by atoms with Gasteiger partial charge in [0, 0.05) is 11.4 Å². The number of nitrogens with two attached hydrogens (primary N) is 1. The van der Waals surface area contributed by atoms with Gasteiger partial charge in [0.2, 0.25) is 0 Å². The van der Waals surface area contributed by atoms with Gasteiger partial charge in [-0.25, -0.2) is 15.0 Å². The highest BCUT2D eigenvalue weighted by Crippen LogP contribution is 2.29. The van der Waals surface area contributed by atoms with E-state index in [9.17, 15) is 0 Å². The van der Waals surface area contributed by atoms with Crippen molar-refractivity contribution in [2.24, 2.45) is 0 Å². The molecule has 0 aliphatic carbocycles. The predicted molar refractivity (Wildman–Crippen MR) is 78.6 cm³/mol. The van der Waals surface area contributed by atoms with E-state index in [2.05, 4.69) is 21.9 Å². The van der Waals surface area contributed by atoms with Crippen LogP contribution in [0.1, 0.15) is 19.0 Å². The summed E-state index contributed by atoms with van der Waals surface area (Å²) in [6.45, 7) is 2.13. The Hall–Kier alpha value is -2.08. The molecule has 0 amide bonds. The van der Waals surface area contributed by atoms with Crippen LogP contribution in [-0.2, 0) is 6.42 Å². The van der Waals surface area contributed by atoms with Crippen molar-refractivity contribution in [1.29, 1.82) is 0 Å². The first-order chi connectivity index (χ1) is 9.74. The molecule has 102 valence electrons. The number of benzene rings is 1. The number of oxazole rings is 1. The summed E-state index contributed by atoms with van der Waals surface area (Å²) >= 11 is 1.39. The van der Waals surface area contributed by atoms with Crippen molar-refractivity contribution in [3.8, 4) is 0 Å². The van der Waals surface area contributed by atoms with Crippen LogP contribution in [-0.4, -0.2) is 15.0 Å². The first-order valence-electron chi connectivity index (χ1n) is 6.39. The van der Waals surface area contributed by atoms with Gasteiger partial charge >= 0.3 is 0 Å². The van der Waals surface area contributed by atoms with E-state index in [1.165, 1.54) is 11.8 Å². The Morgan fingerprint density at radius 3 is 3.00 bits per heavy atom. The lowest BCUT2D eigenvalue weighted by Gasteiger charge is -1.99. The van der Waals surface area contributed by atoms with Gasteiger partial charge in [-0.3, -0.25) is 0 Å². The third kappa shape index (κ3) is 2.75. The molecule has 3 aromatic rings. The highest BCUT2D eigenvalue weighted by atomic mass is 32.2. The fourth-order valence-corrected chi connectivity index (χ4v) is 2.63. The van der Waals surface area contributed by atoms with Crippen molar-refractivity contribution in [1.82, 2.24) is 15.0 Å². The number of aryl methyl sites for hydroxylation is 1. The average Bonchev–Trinajstić information content (AvgIpc) is 2.81. The summed E-state index contributed by atoms with van der Waals surface area (Å²) in [4.78, 5) is 12.9. The van der Waals surface area contributed by atoms with Crippen LogP contribution in [0, 0.1) is 0 Å². The number of fused-ring (bicyclic) bond motifs is 1. The molecular formula is C14H14N4OS. The number of rotatable bonds is 4. The standard InChI is InChI=1S/C14H14N4OS/c1-2-3-10-7-13(17-8-16-10)20-14-18-11-6-9(15)4-5-12(11)19-14/h4-8H,2-3,15H2,1H3. The van der Waals surface area contributed by atoms with Crippen molar-refractivity contribution < 1.29 is 4.42 Å². The highest BCUT2D eigenvalue weighted by molar-refractivity contribution is 7.99. The molecule has 0 aliphatic heterocycles. The monoisotopic (exact) mass is 286 g/mol. The van der Waals surface area contributed by atoms with Crippen LogP contribution in [0.5, 0.6) is 0 Å². The van der Waals surface area contributed by atoms with Crippen LogP contribution in [0.3, 0.4) is 0 Å². The van der Waals surface area contributed by atoms with Crippen molar-refractivity contribution in [2.45, 2.75) is 30.0 Å². The zero-order chi connectivity index (χ0) is 13.9. The van der Waals surface area contributed by atoms with Crippen LogP contribution >= 0.6 is 11.8 Å². The lowest BCUT2D eigenvalue weighted by molar-refractivity contribution is 0.489. The van der Waals surface area contributed by atoms with Crippen LogP contribution in [0.25, 0.3) is 11.1 Å². The lowest BCUT2D eigenvalue weighted by Crippen LogP contribution is -1.91. The van der Waals surface area contributed by atoms with Crippen molar-refractivity contribution in [3.63, 3.8) is 0 Å². The Morgan fingerprint density at radius 2 is 2.15 bits per heavy atom. The molecule has 0 bridgehead atoms. The predicted octanol–water partition coefficient (Wildman–Crippen LogP) is 3.30. The van der Waals surface area contributed by atoms with E-state index < -0.39 is 0 Å². The van der Waals surface area contributed by atoms with E-state index in [0.29, 0.717) is 10.9 Å². The molecule has 0 unspecified atom stereocenters. The lowest BCUT2D eigenvalue weighted by atomic mass is 10.2. The first-order valence-corrected chi connectivity index (χ1v) is 7.21. The number of nitrogens with zero attached hydrogens (tertiary/aromatic N) is 3. The van der Waals surface area contributed by atoms with Crippen LogP contribution in [0.4, 0.5) is 5.69 Å². The highest BCUT2D eigenvalue weighted by Gasteiger charge is 2.09. The van der Waals surface area contributed by atoms with Gasteiger partial charge in [-0.15, -0.1) is 0 Å². The van der Waals surface area contributed by atoms with E-state index in [0.717, 1.165) is 34.7 Å². The van der Waals surface area contributed by atoms with Crippen molar-refractivity contribution in [2.75, 3.05) is 5.73 Å². The summed E-state index contributed by atoms with van der Waals surface area (Å²) in [5.41, 5.74) is 8.92. The largest absolute Gasteiger partial charge is 0.431 e. The number of aromatic nitrogens is 3. The van der Waals surface area contributed by atoms with Gasteiger partial charge in [-0.1, -0.05) is 13.3 Å². The molecule has 0 saturated heterocycles. The summed E-state index contributed by atoms with van der Waals surface area (Å²) in [6.07, 6.45) is 3.58. The fraction of sp³-hybridized carbons (Fsp3) is 0.214. The Labute approximate surface area is 120 Å². The van der Waals surface area contributed by atoms with Gasteiger partial charge in [-0.2, -0.15) is 0 Å². The molecule has 1 aromatic carbocycles. The van der Waals surface area contributed by atoms with E-state index in [1.54, 1.807) is 18.5 Å². The molecule has 0 fully saturated rings. The molecule has 0 spiro atoms. The van der Waals surface area contributed by atoms with Crippen LogP contribution in [0.2, 0.25) is 0 Å². The van der Waals surface area contributed by atoms with Gasteiger partial charge in [0.1, 0.15) is 16.9 Å². The average molecular weight is 286 g/mol. The molecule has 6 heteroatoms. The van der Waals surface area contributed by atoms with Crippen LogP contribution in [0.15, 0.2) is 45.3 Å². The summed E-state index contributed by atoms with van der Waals surface area (Å²) in [7, 11) is 0. The molecule has 2 heterocycles. The van der Waals surface area contributed by atoms with E-state index in [1.807, 2.05) is 12.1 Å². The topological polar surface area (TPSA) is 77.8 Å². The van der Waals surface area contributed by atoms with Crippen molar-refractivity contribution >= 4 is 28.5 Å². The number of nitrogen functional groups attached to an aromatic ring is 1. The minimum absolute atomic E-state index is 0.562. The molecule has 0 aliphatic rings. The molecular weight excluding hydrogens is 272 g/mol. The Bertz CT molecular complexity index is 741. The number of anilines is 1. The molecule has 0 atom stereocenters. The smallest absolute Gasteiger partial charge is 0.263 e. The minimum Gasteiger partial charge on any atom is -0.431 e. The molecule has 5 nitrogen and oxygen atoms in total. The van der Waals surface area contributed by atoms with E-state index in [4.69, 9.17) is 10.2 Å². The van der Waals surface area contributed by atoms with Gasteiger partial charge in [0.05, 0.1) is 0 Å². The van der Waals surface area contributed by atoms with Crippen LogP contribution < -0.4 is 5.73 Å². The summed E-state index contributed by atoms with van der Waals surface area (Å²) in [5.74, 6) is 0. The van der Waals surface area contributed by atoms with Gasteiger partial charge in [0.25, 0.3) is 5.22 Å². The molecule has 0 radical (unpaired) electrons. The maximum absolute atomic E-state index is 5.73.